The third-order valence-electron chi connectivity index (χ3n) is 10.9. The second kappa shape index (κ2) is 21.0. The van der Waals surface area contributed by atoms with Crippen molar-refractivity contribution < 1.29 is 33.8 Å². The number of likely N-dealkylation sites (N-methyl/N-ethyl adjacent to an activating group) is 2. The van der Waals surface area contributed by atoms with Gasteiger partial charge in [0.1, 0.15) is 6.04 Å². The number of hydrogen-bond acceptors (Lipinski definition) is 8. The molecule has 1 heterocycles. The third kappa shape index (κ3) is 11.5. The van der Waals surface area contributed by atoms with Crippen molar-refractivity contribution in [2.24, 2.45) is 23.7 Å². The van der Waals surface area contributed by atoms with Crippen molar-refractivity contribution in [1.29, 1.82) is 0 Å². The number of benzene rings is 1. The summed E-state index contributed by atoms with van der Waals surface area (Å²) in [6.45, 7) is 16.0. The highest BCUT2D eigenvalue weighted by atomic mass is 16.5. The number of hydrogen-bond donors (Lipinski definition) is 3. The van der Waals surface area contributed by atoms with Crippen molar-refractivity contribution in [3.05, 3.63) is 35.9 Å². The molecule has 1 saturated heterocycles. The van der Waals surface area contributed by atoms with Gasteiger partial charge in [0, 0.05) is 27.8 Å². The van der Waals surface area contributed by atoms with E-state index in [1.165, 1.54) is 0 Å². The lowest BCUT2D eigenvalue weighted by Gasteiger charge is -2.41. The maximum Gasteiger partial charge on any atom is 0.245 e. The van der Waals surface area contributed by atoms with Crippen LogP contribution in [0, 0.1) is 23.7 Å². The molecule has 1 aromatic rings. The molecule has 12 nitrogen and oxygen atoms in total. The average Bonchev–Trinajstić information content (AvgIpc) is 3.59. The molecule has 1 aromatic carbocycles. The first-order chi connectivity index (χ1) is 24.4. The van der Waals surface area contributed by atoms with Crippen molar-refractivity contribution in [3.8, 4) is 0 Å². The molecule has 2 rings (SSSR count). The highest BCUT2D eigenvalue weighted by Gasteiger charge is 2.43. The number of ether oxygens (including phenoxy) is 2. The van der Waals surface area contributed by atoms with Crippen LogP contribution in [0.25, 0.3) is 0 Å². The van der Waals surface area contributed by atoms with Crippen LogP contribution in [-0.2, 0) is 28.7 Å². The summed E-state index contributed by atoms with van der Waals surface area (Å²) < 4.78 is 11.9. The smallest absolute Gasteiger partial charge is 0.245 e. The molecule has 3 N–H and O–H groups in total. The number of nitrogens with one attached hydrogen (secondary N) is 2. The quantitative estimate of drug-likeness (QED) is 0.184. The molecule has 2 unspecified atom stereocenters. The first-order valence-corrected chi connectivity index (χ1v) is 19.0. The summed E-state index contributed by atoms with van der Waals surface area (Å²) in [5.41, 5.74) is 0.711. The van der Waals surface area contributed by atoms with Crippen LogP contribution >= 0.6 is 0 Å². The largest absolute Gasteiger partial charge is 0.386 e. The fourth-order valence-corrected chi connectivity index (χ4v) is 7.78. The van der Waals surface area contributed by atoms with Gasteiger partial charge in [-0.1, -0.05) is 85.2 Å². The Morgan fingerprint density at radius 3 is 2.02 bits per heavy atom. The van der Waals surface area contributed by atoms with Gasteiger partial charge in [-0.05, 0) is 57.2 Å². The Bertz CT molecular complexity index is 1270. The van der Waals surface area contributed by atoms with Crippen LogP contribution in [0.5, 0.6) is 0 Å². The lowest BCUT2D eigenvalue weighted by molar-refractivity contribution is -0.148. The molecule has 0 radical (unpaired) electrons. The van der Waals surface area contributed by atoms with E-state index in [9.17, 15) is 24.3 Å². The van der Waals surface area contributed by atoms with Gasteiger partial charge < -0.3 is 35.0 Å². The highest BCUT2D eigenvalue weighted by molar-refractivity contribution is 5.90. The summed E-state index contributed by atoms with van der Waals surface area (Å²) in [6, 6.07) is 6.72. The minimum atomic E-state index is -0.876. The predicted molar refractivity (Wildman–Crippen MR) is 204 cm³/mol. The van der Waals surface area contributed by atoms with E-state index in [1.54, 1.807) is 44.9 Å². The molecule has 10 atom stereocenters. The number of aliphatic hydroxyl groups is 1. The fraction of sp³-hybridized carbons (Fsp3) is 0.750. The summed E-state index contributed by atoms with van der Waals surface area (Å²) in [6.07, 6.45) is 0.148. The fourth-order valence-electron chi connectivity index (χ4n) is 7.78. The number of nitrogens with zero attached hydrogens (tertiary/aromatic N) is 3. The second-order valence-corrected chi connectivity index (χ2v) is 15.6. The molecule has 0 aromatic heterocycles. The normalized spacial score (nSPS) is 20.1. The van der Waals surface area contributed by atoms with Gasteiger partial charge >= 0.3 is 0 Å². The first kappa shape index (κ1) is 45.1. The Morgan fingerprint density at radius 2 is 1.52 bits per heavy atom. The van der Waals surface area contributed by atoms with Crippen LogP contribution in [0.3, 0.4) is 0 Å². The SMILES string of the molecule is CC[C@H](C)[C@@H]([C@@H](CC(=O)N1CCC[C@H]1[C@H](OC)[C@@H](C)C(=O)N[C@H](C)[C@@H](O)c1ccccc1)OC)N(C)C(=O)C(NC(=O)C(C(C)C)N(C)C)C(C)C. The Balaban J connectivity index is 2.25. The van der Waals surface area contributed by atoms with E-state index >= 15 is 0 Å². The van der Waals surface area contributed by atoms with E-state index in [1.807, 2.05) is 90.9 Å². The van der Waals surface area contributed by atoms with Crippen molar-refractivity contribution in [2.75, 3.05) is 41.9 Å². The number of rotatable bonds is 20. The van der Waals surface area contributed by atoms with Crippen LogP contribution in [0.15, 0.2) is 30.3 Å². The number of carbonyl (C=O) groups excluding carboxylic acids is 4. The molecule has 1 aliphatic rings. The minimum absolute atomic E-state index is 0.0153. The second-order valence-electron chi connectivity index (χ2n) is 15.6. The number of methoxy groups -OCH3 is 2. The lowest BCUT2D eigenvalue weighted by atomic mass is 9.89. The van der Waals surface area contributed by atoms with Gasteiger partial charge in [-0.15, -0.1) is 0 Å². The van der Waals surface area contributed by atoms with E-state index in [0.29, 0.717) is 18.5 Å². The van der Waals surface area contributed by atoms with Crippen LogP contribution in [0.4, 0.5) is 0 Å². The van der Waals surface area contributed by atoms with Crippen molar-refractivity contribution in [2.45, 2.75) is 130 Å². The van der Waals surface area contributed by atoms with Gasteiger partial charge in [0.15, 0.2) is 0 Å². The standard InChI is InChI=1S/C40H69N5O7/c1-14-26(6)35(44(11)40(50)33(24(2)3)42-39(49)34(25(4)5)43(9)10)31(51-12)23-32(46)45-22-18-21-30(45)37(52-13)27(7)38(48)41-28(8)36(47)29-19-16-15-17-20-29/h15-17,19-20,24-28,30-31,33-37,47H,14,18,21-23H2,1-13H3,(H,41,48)(H,42,49)/t26-,27+,28+,30-,31+,33?,34?,35-,36+,37+/m0/s1. The van der Waals surface area contributed by atoms with E-state index < -0.39 is 48.4 Å². The zero-order chi connectivity index (χ0) is 39.4. The van der Waals surface area contributed by atoms with Gasteiger partial charge in [-0.3, -0.25) is 24.1 Å². The van der Waals surface area contributed by atoms with E-state index in [4.69, 9.17) is 9.47 Å². The summed E-state index contributed by atoms with van der Waals surface area (Å²) in [7, 11) is 8.57. The topological polar surface area (TPSA) is 141 Å². The van der Waals surface area contributed by atoms with Crippen LogP contribution in [0.1, 0.15) is 92.7 Å². The van der Waals surface area contributed by atoms with Gasteiger partial charge in [0.05, 0.1) is 54.8 Å². The number of aliphatic hydroxyl groups excluding tert-OH is 1. The Labute approximate surface area is 313 Å². The van der Waals surface area contributed by atoms with Gasteiger partial charge in [0.2, 0.25) is 23.6 Å². The Kier molecular flexibility index (Phi) is 18.2. The zero-order valence-electron chi connectivity index (χ0n) is 34.1. The molecule has 1 aliphatic heterocycles. The lowest BCUT2D eigenvalue weighted by Crippen LogP contribution is -2.59. The molecule has 52 heavy (non-hydrogen) atoms. The molecule has 4 amide bonds. The first-order valence-electron chi connectivity index (χ1n) is 19.0. The molecule has 296 valence electrons. The number of likely N-dealkylation sites (tertiary alicyclic amines) is 1. The highest BCUT2D eigenvalue weighted by Crippen LogP contribution is 2.30. The van der Waals surface area contributed by atoms with Gasteiger partial charge in [-0.25, -0.2) is 0 Å². The maximum absolute atomic E-state index is 14.2. The Hall–Kier alpha value is -3.06. The zero-order valence-corrected chi connectivity index (χ0v) is 34.1. The number of carbonyl (C=O) groups is 4. The minimum Gasteiger partial charge on any atom is -0.386 e. The summed E-state index contributed by atoms with van der Waals surface area (Å²) in [4.78, 5) is 60.6. The summed E-state index contributed by atoms with van der Waals surface area (Å²) in [5.74, 6) is -1.57. The number of amides is 4. The molecule has 0 saturated carbocycles. The van der Waals surface area contributed by atoms with Crippen molar-refractivity contribution in [1.82, 2.24) is 25.3 Å². The van der Waals surface area contributed by atoms with Crippen LogP contribution in [0.2, 0.25) is 0 Å². The van der Waals surface area contributed by atoms with Crippen molar-refractivity contribution in [3.63, 3.8) is 0 Å². The Morgan fingerprint density at radius 1 is 0.904 bits per heavy atom. The van der Waals surface area contributed by atoms with E-state index in [2.05, 4.69) is 10.6 Å². The van der Waals surface area contributed by atoms with E-state index in [0.717, 1.165) is 12.8 Å². The molecule has 12 heteroatoms. The van der Waals surface area contributed by atoms with Crippen molar-refractivity contribution >= 4 is 23.6 Å². The molecule has 0 aliphatic carbocycles. The average molecular weight is 732 g/mol. The summed E-state index contributed by atoms with van der Waals surface area (Å²) in [5, 5.41) is 16.8. The predicted octanol–water partition coefficient (Wildman–Crippen LogP) is 3.87. The van der Waals surface area contributed by atoms with Gasteiger partial charge in [-0.2, -0.15) is 0 Å². The van der Waals surface area contributed by atoms with Crippen LogP contribution < -0.4 is 10.6 Å². The van der Waals surface area contributed by atoms with Gasteiger partial charge in [0.25, 0.3) is 0 Å². The molecule has 1 fully saturated rings. The van der Waals surface area contributed by atoms with E-state index in [-0.39, 0.29) is 53.8 Å². The van der Waals surface area contributed by atoms with Crippen LogP contribution in [-0.4, -0.2) is 128 Å². The molecule has 0 bridgehead atoms. The summed E-state index contributed by atoms with van der Waals surface area (Å²) >= 11 is 0. The molecule has 0 spiro atoms. The monoisotopic (exact) mass is 732 g/mol. The molecular weight excluding hydrogens is 662 g/mol. The third-order valence-corrected chi connectivity index (χ3v) is 10.9. The molecular formula is C40H69N5O7. The maximum atomic E-state index is 14.2.